The van der Waals surface area contributed by atoms with Gasteiger partial charge >= 0.3 is 0 Å². The van der Waals surface area contributed by atoms with Gasteiger partial charge in [0, 0.05) is 24.8 Å². The van der Waals surface area contributed by atoms with Gasteiger partial charge in [0.2, 0.25) is 0 Å². The summed E-state index contributed by atoms with van der Waals surface area (Å²) in [6, 6.07) is 7.08. The summed E-state index contributed by atoms with van der Waals surface area (Å²) < 4.78 is 5.06. The maximum Gasteiger partial charge on any atom is 0.272 e. The number of hydrogen-bond donors (Lipinski definition) is 1. The number of benzene rings is 1. The average Bonchev–Trinajstić information content (AvgIpc) is 2.34. The van der Waals surface area contributed by atoms with E-state index in [9.17, 15) is 10.1 Å². The van der Waals surface area contributed by atoms with Crippen LogP contribution in [0.2, 0.25) is 0 Å². The Morgan fingerprint density at radius 2 is 2.18 bits per heavy atom. The minimum absolute atomic E-state index is 0.194. The van der Waals surface area contributed by atoms with E-state index in [0.29, 0.717) is 13.0 Å². The van der Waals surface area contributed by atoms with E-state index >= 15 is 0 Å². The number of hydrogen-bond acceptors (Lipinski definition) is 4. The predicted octanol–water partition coefficient (Wildman–Crippen LogP) is 1.76. The molecule has 5 heteroatoms. The average molecular weight is 238 g/mol. The summed E-state index contributed by atoms with van der Waals surface area (Å²) in [6.45, 7) is 0.608. The highest BCUT2D eigenvalue weighted by Gasteiger charge is 2.14. The van der Waals surface area contributed by atoms with E-state index in [1.54, 1.807) is 25.3 Å². The van der Waals surface area contributed by atoms with Gasteiger partial charge in [0.05, 0.1) is 11.5 Å². The van der Waals surface area contributed by atoms with Crippen molar-refractivity contribution >= 4 is 5.69 Å². The zero-order valence-electron chi connectivity index (χ0n) is 10.2. The van der Waals surface area contributed by atoms with Crippen LogP contribution < -0.4 is 5.32 Å². The van der Waals surface area contributed by atoms with Gasteiger partial charge in [-0.25, -0.2) is 0 Å². The highest BCUT2D eigenvalue weighted by Crippen LogP contribution is 2.19. The Hall–Kier alpha value is -1.46. The van der Waals surface area contributed by atoms with Crippen molar-refractivity contribution in [1.29, 1.82) is 0 Å². The molecule has 94 valence electrons. The molecule has 0 spiro atoms. The number of aryl methyl sites for hydroxylation is 1. The quantitative estimate of drug-likeness (QED) is 0.580. The molecule has 0 aliphatic carbocycles. The van der Waals surface area contributed by atoms with Gasteiger partial charge in [-0.15, -0.1) is 0 Å². The van der Waals surface area contributed by atoms with Gasteiger partial charge in [-0.1, -0.05) is 18.2 Å². The summed E-state index contributed by atoms with van der Waals surface area (Å²) in [5.74, 6) is 0. The van der Waals surface area contributed by atoms with Gasteiger partial charge in [0.25, 0.3) is 5.69 Å². The van der Waals surface area contributed by atoms with Crippen LogP contribution in [0.5, 0.6) is 0 Å². The van der Waals surface area contributed by atoms with E-state index in [1.807, 2.05) is 13.1 Å². The van der Waals surface area contributed by atoms with Gasteiger partial charge in [0.1, 0.15) is 0 Å². The zero-order chi connectivity index (χ0) is 12.7. The van der Waals surface area contributed by atoms with Crippen molar-refractivity contribution in [2.75, 3.05) is 20.8 Å². The fourth-order valence-electron chi connectivity index (χ4n) is 1.74. The minimum atomic E-state index is -0.333. The molecular weight excluding hydrogens is 220 g/mol. The molecule has 1 aromatic carbocycles. The number of nitro benzene ring substituents is 1. The summed E-state index contributed by atoms with van der Waals surface area (Å²) in [5, 5.41) is 14.0. The Balaban J connectivity index is 2.65. The summed E-state index contributed by atoms with van der Waals surface area (Å²) >= 11 is 0. The lowest BCUT2D eigenvalue weighted by molar-refractivity contribution is -0.385. The Labute approximate surface area is 101 Å². The van der Waals surface area contributed by atoms with Crippen molar-refractivity contribution in [3.05, 3.63) is 39.9 Å². The van der Waals surface area contributed by atoms with Crippen LogP contribution in [-0.2, 0) is 11.2 Å². The molecular formula is C12H18N2O3. The van der Waals surface area contributed by atoms with Crippen molar-refractivity contribution in [3.8, 4) is 0 Å². The van der Waals surface area contributed by atoms with Gasteiger partial charge in [-0.2, -0.15) is 0 Å². The van der Waals surface area contributed by atoms with Crippen LogP contribution in [0, 0.1) is 10.1 Å². The molecule has 0 amide bonds. The standard InChI is InChI=1S/C12H18N2O3/c1-13-11(9-17-2)8-7-10-5-3-4-6-12(10)14(15)16/h3-6,11,13H,7-9H2,1-2H3. The second-order valence-electron chi connectivity index (χ2n) is 3.87. The van der Waals surface area contributed by atoms with Crippen LogP contribution >= 0.6 is 0 Å². The Kier molecular flexibility index (Phi) is 5.59. The first-order valence-electron chi connectivity index (χ1n) is 5.57. The maximum absolute atomic E-state index is 10.8. The third-order valence-electron chi connectivity index (χ3n) is 2.73. The zero-order valence-corrected chi connectivity index (χ0v) is 10.2. The highest BCUT2D eigenvalue weighted by atomic mass is 16.6. The predicted molar refractivity (Wildman–Crippen MR) is 66.1 cm³/mol. The van der Waals surface area contributed by atoms with E-state index in [-0.39, 0.29) is 16.7 Å². The van der Waals surface area contributed by atoms with Crippen LogP contribution in [0.15, 0.2) is 24.3 Å². The molecule has 0 bridgehead atoms. The first-order chi connectivity index (χ1) is 8.19. The third kappa shape index (κ3) is 4.13. The fourth-order valence-corrected chi connectivity index (χ4v) is 1.74. The number of likely N-dealkylation sites (N-methyl/N-ethyl adjacent to an activating group) is 1. The van der Waals surface area contributed by atoms with Crippen LogP contribution in [0.25, 0.3) is 0 Å². The van der Waals surface area contributed by atoms with Crippen molar-refractivity contribution < 1.29 is 9.66 Å². The van der Waals surface area contributed by atoms with E-state index < -0.39 is 0 Å². The summed E-state index contributed by atoms with van der Waals surface area (Å²) in [4.78, 5) is 10.5. The van der Waals surface area contributed by atoms with Crippen molar-refractivity contribution in [2.24, 2.45) is 0 Å². The Morgan fingerprint density at radius 3 is 2.76 bits per heavy atom. The molecule has 0 radical (unpaired) electrons. The van der Waals surface area contributed by atoms with E-state index in [2.05, 4.69) is 5.32 Å². The summed E-state index contributed by atoms with van der Waals surface area (Å²) in [7, 11) is 3.51. The molecule has 0 aliphatic rings. The van der Waals surface area contributed by atoms with Crippen molar-refractivity contribution in [2.45, 2.75) is 18.9 Å². The van der Waals surface area contributed by atoms with Crippen molar-refractivity contribution in [3.63, 3.8) is 0 Å². The number of ether oxygens (including phenoxy) is 1. The fraction of sp³-hybridized carbons (Fsp3) is 0.500. The molecule has 1 atom stereocenters. The van der Waals surface area contributed by atoms with Crippen molar-refractivity contribution in [1.82, 2.24) is 5.32 Å². The van der Waals surface area contributed by atoms with Gasteiger partial charge in [0.15, 0.2) is 0 Å². The summed E-state index contributed by atoms with van der Waals surface area (Å²) in [5.41, 5.74) is 0.966. The number of nitrogens with one attached hydrogen (secondary N) is 1. The molecule has 1 aromatic rings. The second-order valence-corrected chi connectivity index (χ2v) is 3.87. The first-order valence-corrected chi connectivity index (χ1v) is 5.57. The molecule has 5 nitrogen and oxygen atoms in total. The number of nitrogens with zero attached hydrogens (tertiary/aromatic N) is 1. The smallest absolute Gasteiger partial charge is 0.272 e. The highest BCUT2D eigenvalue weighted by molar-refractivity contribution is 5.39. The molecule has 0 fully saturated rings. The topological polar surface area (TPSA) is 64.4 Å². The molecule has 17 heavy (non-hydrogen) atoms. The monoisotopic (exact) mass is 238 g/mol. The van der Waals surface area contributed by atoms with E-state index in [4.69, 9.17) is 4.74 Å². The van der Waals surface area contributed by atoms with Gasteiger partial charge in [-0.05, 0) is 19.9 Å². The van der Waals surface area contributed by atoms with Crippen LogP contribution in [0.1, 0.15) is 12.0 Å². The molecule has 1 rings (SSSR count). The lowest BCUT2D eigenvalue weighted by Gasteiger charge is -2.14. The van der Waals surface area contributed by atoms with E-state index in [1.165, 1.54) is 0 Å². The van der Waals surface area contributed by atoms with Crippen LogP contribution in [-0.4, -0.2) is 31.7 Å². The molecule has 1 unspecified atom stereocenters. The normalized spacial score (nSPS) is 12.4. The molecule has 0 saturated carbocycles. The van der Waals surface area contributed by atoms with Gasteiger partial charge < -0.3 is 10.1 Å². The third-order valence-corrected chi connectivity index (χ3v) is 2.73. The maximum atomic E-state index is 10.8. The number of para-hydroxylation sites is 1. The lowest BCUT2D eigenvalue weighted by Crippen LogP contribution is -2.30. The lowest BCUT2D eigenvalue weighted by atomic mass is 10.0. The van der Waals surface area contributed by atoms with Crippen LogP contribution in [0.3, 0.4) is 0 Å². The number of rotatable bonds is 7. The van der Waals surface area contributed by atoms with Gasteiger partial charge in [-0.3, -0.25) is 10.1 Å². The first kappa shape index (κ1) is 13.6. The second kappa shape index (κ2) is 6.98. The Bertz CT molecular complexity index is 369. The number of nitro groups is 1. The van der Waals surface area contributed by atoms with E-state index in [0.717, 1.165) is 12.0 Å². The molecule has 0 aromatic heterocycles. The molecule has 0 saturated heterocycles. The molecule has 0 aliphatic heterocycles. The Morgan fingerprint density at radius 1 is 1.47 bits per heavy atom. The number of methoxy groups -OCH3 is 1. The summed E-state index contributed by atoms with van der Waals surface area (Å²) in [6.07, 6.45) is 1.49. The molecule has 0 heterocycles. The van der Waals surface area contributed by atoms with Crippen LogP contribution in [0.4, 0.5) is 5.69 Å². The minimum Gasteiger partial charge on any atom is -0.383 e. The SMILES string of the molecule is CNC(CCc1ccccc1[N+](=O)[O-])COC. The largest absolute Gasteiger partial charge is 0.383 e. The molecule has 1 N–H and O–H groups in total.